The summed E-state index contributed by atoms with van der Waals surface area (Å²) >= 11 is 0. The Morgan fingerprint density at radius 3 is 2.79 bits per heavy atom. The molecule has 0 bridgehead atoms. The van der Waals surface area contributed by atoms with Gasteiger partial charge in [0.1, 0.15) is 25.5 Å². The molecule has 144 valence electrons. The summed E-state index contributed by atoms with van der Waals surface area (Å²) in [6, 6.07) is 5.27. The number of hydrogen-bond acceptors (Lipinski definition) is 3. The van der Waals surface area contributed by atoms with Gasteiger partial charge in [0.15, 0.2) is 5.65 Å². The lowest BCUT2D eigenvalue weighted by molar-refractivity contribution is 0.560. The third-order valence-corrected chi connectivity index (χ3v) is 5.67. The van der Waals surface area contributed by atoms with E-state index in [1.807, 2.05) is 17.2 Å². The van der Waals surface area contributed by atoms with Crippen molar-refractivity contribution in [2.24, 2.45) is 0 Å². The van der Waals surface area contributed by atoms with Crippen molar-refractivity contribution >= 4 is 19.5 Å². The Bertz CT molecular complexity index is 1090. The molecule has 1 aromatic carbocycles. The van der Waals surface area contributed by atoms with Gasteiger partial charge in [-0.3, -0.25) is 0 Å². The van der Waals surface area contributed by atoms with E-state index in [9.17, 15) is 8.78 Å². The minimum Gasteiger partial charge on any atom is -0.349 e. The number of fused-ring (bicyclic) bond motifs is 1. The van der Waals surface area contributed by atoms with Crippen molar-refractivity contribution in [1.29, 1.82) is 0 Å². The molecule has 0 spiro atoms. The quantitative estimate of drug-likeness (QED) is 0.470. The van der Waals surface area contributed by atoms with Crippen molar-refractivity contribution in [3.05, 3.63) is 59.4 Å². The van der Waals surface area contributed by atoms with E-state index in [4.69, 9.17) is 4.98 Å². The molecule has 3 aromatic rings. The normalized spacial score (nSPS) is 17.0. The van der Waals surface area contributed by atoms with Crippen molar-refractivity contribution in [3.63, 3.8) is 0 Å². The van der Waals surface area contributed by atoms with Crippen LogP contribution in [-0.2, 0) is 0 Å². The zero-order chi connectivity index (χ0) is 19.9. The summed E-state index contributed by atoms with van der Waals surface area (Å²) < 4.78 is 29.8. The molecule has 28 heavy (non-hydrogen) atoms. The summed E-state index contributed by atoms with van der Waals surface area (Å²) in [4.78, 5) is 6.81. The molecule has 4 nitrogen and oxygen atoms in total. The molecule has 2 aromatic heterocycles. The molecule has 0 radical (unpaired) electrons. The molecule has 0 aliphatic carbocycles. The maximum atomic E-state index is 14.3. The highest BCUT2D eigenvalue weighted by Crippen LogP contribution is 2.36. The zero-order valence-electron chi connectivity index (χ0n) is 16.2. The number of benzene rings is 1. The van der Waals surface area contributed by atoms with E-state index in [-0.39, 0.29) is 11.9 Å². The predicted octanol–water partition coefficient (Wildman–Crippen LogP) is 4.58. The first-order chi connectivity index (χ1) is 13.3. The number of halogens is 2. The van der Waals surface area contributed by atoms with Gasteiger partial charge in [-0.25, -0.2) is 18.3 Å². The van der Waals surface area contributed by atoms with Crippen molar-refractivity contribution in [2.75, 3.05) is 11.4 Å². The largest absolute Gasteiger partial charge is 0.349 e. The van der Waals surface area contributed by atoms with Gasteiger partial charge in [-0.2, -0.15) is 5.10 Å². The van der Waals surface area contributed by atoms with Gasteiger partial charge in [0.2, 0.25) is 0 Å². The van der Waals surface area contributed by atoms with E-state index in [0.29, 0.717) is 11.2 Å². The molecular weight excluding hydrogens is 374 g/mol. The van der Waals surface area contributed by atoms with E-state index in [2.05, 4.69) is 36.2 Å². The molecule has 1 aliphatic heterocycles. The van der Waals surface area contributed by atoms with E-state index < -0.39 is 13.9 Å². The minimum absolute atomic E-state index is 0.231. The predicted molar refractivity (Wildman–Crippen MR) is 109 cm³/mol. The maximum Gasteiger partial charge on any atom is 0.172 e. The van der Waals surface area contributed by atoms with Crippen molar-refractivity contribution in [3.8, 4) is 11.5 Å². The molecule has 1 atom stereocenters. The van der Waals surface area contributed by atoms with E-state index >= 15 is 0 Å². The number of aromatic nitrogens is 3. The van der Waals surface area contributed by atoms with Crippen molar-refractivity contribution < 1.29 is 8.78 Å². The molecule has 0 amide bonds. The summed E-state index contributed by atoms with van der Waals surface area (Å²) in [6.45, 7) is 7.31. The Balaban J connectivity index is 1.73. The molecule has 1 saturated heterocycles. The van der Waals surface area contributed by atoms with Crippen LogP contribution >= 0.6 is 0 Å². The van der Waals surface area contributed by atoms with Crippen LogP contribution in [0.15, 0.2) is 36.7 Å². The summed E-state index contributed by atoms with van der Waals surface area (Å²) in [5.74, 6) is 3.15. The second-order valence-corrected chi connectivity index (χ2v) is 12.9. The zero-order valence-corrected chi connectivity index (χ0v) is 17.2. The number of hydrogen-bond donors (Lipinski definition) is 0. The van der Waals surface area contributed by atoms with Gasteiger partial charge in [0.25, 0.3) is 0 Å². The van der Waals surface area contributed by atoms with Gasteiger partial charge in [0, 0.05) is 18.3 Å². The van der Waals surface area contributed by atoms with Gasteiger partial charge in [-0.05, 0) is 37.1 Å². The molecule has 7 heteroatoms. The highest BCUT2D eigenvalue weighted by molar-refractivity contribution is 6.83. The first-order valence-corrected chi connectivity index (χ1v) is 12.9. The van der Waals surface area contributed by atoms with Crippen molar-refractivity contribution in [2.45, 2.75) is 38.5 Å². The van der Waals surface area contributed by atoms with Gasteiger partial charge in [-0.1, -0.05) is 25.6 Å². The molecule has 1 unspecified atom stereocenters. The summed E-state index contributed by atoms with van der Waals surface area (Å²) in [5.41, 5.74) is 5.20. The van der Waals surface area contributed by atoms with E-state index in [1.54, 1.807) is 10.7 Å². The second-order valence-electron chi connectivity index (χ2n) is 8.13. The minimum atomic E-state index is -1.52. The Morgan fingerprint density at radius 1 is 1.18 bits per heavy atom. The fourth-order valence-electron chi connectivity index (χ4n) is 3.50. The first-order valence-electron chi connectivity index (χ1n) is 9.41. The van der Waals surface area contributed by atoms with Crippen LogP contribution in [0.1, 0.15) is 30.0 Å². The highest BCUT2D eigenvalue weighted by atomic mass is 28.3. The average molecular weight is 397 g/mol. The van der Waals surface area contributed by atoms with Crippen LogP contribution in [0.2, 0.25) is 19.6 Å². The van der Waals surface area contributed by atoms with Crippen LogP contribution in [0.3, 0.4) is 0 Å². The molecule has 1 fully saturated rings. The van der Waals surface area contributed by atoms with Crippen LogP contribution < -0.4 is 4.90 Å². The Morgan fingerprint density at radius 2 is 2.00 bits per heavy atom. The van der Waals surface area contributed by atoms with Crippen molar-refractivity contribution in [1.82, 2.24) is 14.6 Å². The molecule has 0 N–H and O–H groups in total. The van der Waals surface area contributed by atoms with Gasteiger partial charge in [0.05, 0.1) is 17.8 Å². The monoisotopic (exact) mass is 396 g/mol. The lowest BCUT2D eigenvalue weighted by Crippen LogP contribution is -2.24. The maximum absolute atomic E-state index is 14.3. The number of nitrogens with zero attached hydrogens (tertiary/aromatic N) is 4. The van der Waals surface area contributed by atoms with Crippen LogP contribution in [0, 0.1) is 23.1 Å². The molecule has 3 heterocycles. The molecule has 0 saturated carbocycles. The van der Waals surface area contributed by atoms with Crippen LogP contribution in [0.5, 0.6) is 0 Å². The second kappa shape index (κ2) is 7.02. The lowest BCUT2D eigenvalue weighted by atomic mass is 10.0. The fraction of sp³-hybridized carbons (Fsp3) is 0.333. The summed E-state index contributed by atoms with van der Waals surface area (Å²) in [7, 11) is -1.52. The topological polar surface area (TPSA) is 33.4 Å². The lowest BCUT2D eigenvalue weighted by Gasteiger charge is -2.26. The molecule has 1 aliphatic rings. The van der Waals surface area contributed by atoms with Crippen LogP contribution in [0.4, 0.5) is 14.6 Å². The summed E-state index contributed by atoms with van der Waals surface area (Å²) in [6.07, 6.45) is 5.23. The fourth-order valence-corrected chi connectivity index (χ4v) is 4.01. The molecular formula is C21H22F2N4Si. The van der Waals surface area contributed by atoms with Gasteiger partial charge >= 0.3 is 0 Å². The highest BCUT2D eigenvalue weighted by Gasteiger charge is 2.30. The number of rotatable bonds is 2. The third-order valence-electron chi connectivity index (χ3n) is 4.79. The Labute approximate surface area is 164 Å². The number of anilines is 1. The molecule has 4 rings (SSSR count). The van der Waals surface area contributed by atoms with Gasteiger partial charge < -0.3 is 4.90 Å². The van der Waals surface area contributed by atoms with E-state index in [1.165, 1.54) is 12.1 Å². The third kappa shape index (κ3) is 3.65. The SMILES string of the molecule is C[Si](C)(C)C#Cc1cnn2ccc(N3CCCC3c3cc(F)ccc3F)nc12. The Hall–Kier alpha value is -2.72. The first kappa shape index (κ1) is 18.6. The Kier molecular flexibility index (Phi) is 4.67. The van der Waals surface area contributed by atoms with E-state index in [0.717, 1.165) is 36.8 Å². The standard InChI is InChI=1S/C21H22F2N4Si/c1-28(2,3)12-9-15-14-24-27-11-8-20(25-21(15)27)26-10-4-5-19(26)17-13-16(22)6-7-18(17)23/h6-8,11,13-14,19H,4-5,10H2,1-3H3. The van der Waals surface area contributed by atoms with Crippen LogP contribution in [-0.4, -0.2) is 29.2 Å². The average Bonchev–Trinajstić information content (AvgIpc) is 3.27. The smallest absolute Gasteiger partial charge is 0.172 e. The van der Waals surface area contributed by atoms with Gasteiger partial charge in [-0.15, -0.1) is 5.54 Å². The van der Waals surface area contributed by atoms with Crippen LogP contribution in [0.25, 0.3) is 5.65 Å². The summed E-state index contributed by atoms with van der Waals surface area (Å²) in [5, 5.41) is 4.33.